The number of carboxylic acids is 1. The molecule has 1 saturated carbocycles. The van der Waals surface area contributed by atoms with Crippen molar-refractivity contribution in [1.82, 2.24) is 4.98 Å². The van der Waals surface area contributed by atoms with Gasteiger partial charge in [0.1, 0.15) is 5.82 Å². The van der Waals surface area contributed by atoms with Crippen LogP contribution in [0.4, 0.5) is 20.0 Å². The first-order valence-corrected chi connectivity index (χ1v) is 10.9. The van der Waals surface area contributed by atoms with Gasteiger partial charge in [0.15, 0.2) is 5.13 Å². The Hall–Kier alpha value is -1.84. The molecular weight excluding hydrogens is 425 g/mol. The van der Waals surface area contributed by atoms with Crippen molar-refractivity contribution in [2.45, 2.75) is 29.9 Å². The fourth-order valence-corrected chi connectivity index (χ4v) is 4.84. The molecular formula is C18H19ClFN3O3S2. The lowest BCUT2D eigenvalue weighted by molar-refractivity contribution is -0.133. The number of carbonyl (C=O) groups is 2. The van der Waals surface area contributed by atoms with Crippen molar-refractivity contribution < 1.29 is 19.1 Å². The fraction of sp³-hybridized carbons (Fsp3) is 0.389. The normalized spacial score (nSPS) is 14.2. The number of carbonyl (C=O) groups excluding carboxylic acids is 1. The van der Waals surface area contributed by atoms with Crippen molar-refractivity contribution in [2.24, 2.45) is 5.92 Å². The summed E-state index contributed by atoms with van der Waals surface area (Å²) < 4.78 is 14.2. The third-order valence-electron chi connectivity index (χ3n) is 4.41. The number of hydrogen-bond acceptors (Lipinski definition) is 5. The van der Waals surface area contributed by atoms with Gasteiger partial charge in [-0.15, -0.1) is 11.8 Å². The maximum absolute atomic E-state index is 13.5. The molecule has 1 fully saturated rings. The van der Waals surface area contributed by atoms with Crippen LogP contribution in [-0.4, -0.2) is 34.4 Å². The summed E-state index contributed by atoms with van der Waals surface area (Å²) in [6, 6.07) is 3.85. The topological polar surface area (TPSA) is 82.5 Å². The molecule has 0 saturated heterocycles. The molecule has 2 N–H and O–H groups in total. The van der Waals surface area contributed by atoms with Crippen molar-refractivity contribution in [2.75, 3.05) is 22.5 Å². The number of thioether (sulfide) groups is 1. The number of aliphatic carboxylic acids is 1. The summed E-state index contributed by atoms with van der Waals surface area (Å²) in [6.07, 6.45) is 5.91. The molecule has 2 aromatic rings. The van der Waals surface area contributed by atoms with Crippen LogP contribution in [0.2, 0.25) is 5.02 Å². The summed E-state index contributed by atoms with van der Waals surface area (Å²) in [5.41, 5.74) is 0.521. The Morgan fingerprint density at radius 3 is 2.82 bits per heavy atom. The van der Waals surface area contributed by atoms with Gasteiger partial charge < -0.3 is 5.11 Å². The highest BCUT2D eigenvalue weighted by Gasteiger charge is 2.24. The van der Waals surface area contributed by atoms with Crippen LogP contribution in [0.3, 0.4) is 0 Å². The summed E-state index contributed by atoms with van der Waals surface area (Å²) in [5, 5.41) is 11.8. The maximum atomic E-state index is 13.5. The Bertz CT molecular complexity index is 858. The molecule has 0 radical (unpaired) electrons. The van der Waals surface area contributed by atoms with Crippen LogP contribution in [0.25, 0.3) is 0 Å². The van der Waals surface area contributed by atoms with Gasteiger partial charge in [-0.2, -0.15) is 0 Å². The number of thiazole rings is 1. The number of amides is 2. The Morgan fingerprint density at radius 1 is 1.39 bits per heavy atom. The number of rotatable bonds is 7. The minimum Gasteiger partial charge on any atom is -0.481 e. The predicted molar refractivity (Wildman–Crippen MR) is 110 cm³/mol. The second kappa shape index (κ2) is 9.58. The molecule has 0 unspecified atom stereocenters. The fourth-order valence-electron chi connectivity index (χ4n) is 3.09. The van der Waals surface area contributed by atoms with Crippen LogP contribution in [0.1, 0.15) is 25.7 Å². The monoisotopic (exact) mass is 443 g/mol. The molecule has 10 heteroatoms. The summed E-state index contributed by atoms with van der Waals surface area (Å²) >= 11 is 8.26. The van der Waals surface area contributed by atoms with E-state index in [-0.39, 0.29) is 16.8 Å². The average Bonchev–Trinajstić information content (AvgIpc) is 3.32. The second-order valence-corrected chi connectivity index (χ2v) is 9.17. The van der Waals surface area contributed by atoms with E-state index < -0.39 is 11.8 Å². The molecule has 28 heavy (non-hydrogen) atoms. The number of aromatic nitrogens is 1. The van der Waals surface area contributed by atoms with Crippen LogP contribution in [0.5, 0.6) is 0 Å². The van der Waals surface area contributed by atoms with Gasteiger partial charge in [-0.1, -0.05) is 35.8 Å². The van der Waals surface area contributed by atoms with Crippen molar-refractivity contribution in [3.05, 3.63) is 35.2 Å². The first kappa shape index (κ1) is 20.9. The number of urea groups is 1. The average molecular weight is 444 g/mol. The van der Waals surface area contributed by atoms with Crippen molar-refractivity contribution >= 4 is 57.5 Å². The van der Waals surface area contributed by atoms with Gasteiger partial charge in [0.2, 0.25) is 0 Å². The molecule has 0 spiro atoms. The van der Waals surface area contributed by atoms with Gasteiger partial charge in [0.25, 0.3) is 0 Å². The van der Waals surface area contributed by atoms with E-state index in [0.29, 0.717) is 27.5 Å². The zero-order valence-corrected chi connectivity index (χ0v) is 17.2. The number of hydrogen-bond donors (Lipinski definition) is 2. The van der Waals surface area contributed by atoms with Crippen LogP contribution in [0, 0.1) is 11.7 Å². The predicted octanol–water partition coefficient (Wildman–Crippen LogP) is 5.34. The zero-order chi connectivity index (χ0) is 20.1. The highest BCUT2D eigenvalue weighted by atomic mass is 35.5. The van der Waals surface area contributed by atoms with Crippen LogP contribution < -0.4 is 10.2 Å². The van der Waals surface area contributed by atoms with E-state index in [9.17, 15) is 14.0 Å². The molecule has 0 bridgehead atoms. The highest BCUT2D eigenvalue weighted by Crippen LogP contribution is 2.31. The molecule has 1 heterocycles. The smallest absolute Gasteiger partial charge is 0.328 e. The van der Waals surface area contributed by atoms with E-state index in [1.165, 1.54) is 35.7 Å². The van der Waals surface area contributed by atoms with E-state index in [1.54, 1.807) is 4.90 Å². The summed E-state index contributed by atoms with van der Waals surface area (Å²) in [7, 11) is 0. The standard InChI is InChI=1S/C18H19ClFN3O3S2/c19-13-7-12(5-6-14(13)20)23(9-11-3-1-2-4-11)18(26)22-17-21-8-16(28-17)27-10-15(24)25/h5-8,11H,1-4,9-10H2,(H,24,25)(H,21,22,26). The SMILES string of the molecule is O=C(O)CSc1cnc(NC(=O)N(CC2CCCC2)c2ccc(F)c(Cl)c2)s1. The molecule has 6 nitrogen and oxygen atoms in total. The quantitative estimate of drug-likeness (QED) is 0.564. The number of halogens is 2. The summed E-state index contributed by atoms with van der Waals surface area (Å²) in [6.45, 7) is 0.514. The van der Waals surface area contributed by atoms with E-state index in [0.717, 1.165) is 37.4 Å². The van der Waals surface area contributed by atoms with Gasteiger partial charge in [-0.25, -0.2) is 14.2 Å². The Labute approximate surface area is 175 Å². The minimum atomic E-state index is -0.917. The maximum Gasteiger partial charge on any atom is 0.328 e. The molecule has 0 atom stereocenters. The van der Waals surface area contributed by atoms with Gasteiger partial charge >= 0.3 is 12.0 Å². The first-order valence-electron chi connectivity index (χ1n) is 8.76. The number of carboxylic acid groups (broad SMARTS) is 1. The van der Waals surface area contributed by atoms with Crippen molar-refractivity contribution in [1.29, 1.82) is 0 Å². The molecule has 1 aromatic heterocycles. The van der Waals surface area contributed by atoms with E-state index in [4.69, 9.17) is 16.7 Å². The van der Waals surface area contributed by atoms with Gasteiger partial charge in [0.05, 0.1) is 21.2 Å². The van der Waals surface area contributed by atoms with Crippen LogP contribution >= 0.6 is 34.7 Å². The molecule has 150 valence electrons. The summed E-state index contributed by atoms with van der Waals surface area (Å²) in [5.74, 6) is -1.14. The lowest BCUT2D eigenvalue weighted by Crippen LogP contribution is -2.38. The lowest BCUT2D eigenvalue weighted by atomic mass is 10.1. The molecule has 1 aromatic carbocycles. The molecule has 3 rings (SSSR count). The van der Waals surface area contributed by atoms with Gasteiger partial charge in [-0.05, 0) is 37.0 Å². The van der Waals surface area contributed by atoms with E-state index in [2.05, 4.69) is 10.3 Å². The third kappa shape index (κ3) is 5.59. The van der Waals surface area contributed by atoms with E-state index >= 15 is 0 Å². The molecule has 1 aliphatic rings. The summed E-state index contributed by atoms with van der Waals surface area (Å²) in [4.78, 5) is 29.3. The molecule has 2 amide bonds. The first-order chi connectivity index (χ1) is 13.4. The van der Waals surface area contributed by atoms with Crippen LogP contribution in [-0.2, 0) is 4.79 Å². The number of nitrogens with zero attached hydrogens (tertiary/aromatic N) is 2. The Balaban J connectivity index is 1.74. The number of nitrogens with one attached hydrogen (secondary N) is 1. The van der Waals surface area contributed by atoms with E-state index in [1.807, 2.05) is 0 Å². The highest BCUT2D eigenvalue weighted by molar-refractivity contribution is 8.01. The lowest BCUT2D eigenvalue weighted by Gasteiger charge is -2.26. The Morgan fingerprint density at radius 2 is 2.14 bits per heavy atom. The minimum absolute atomic E-state index is 0.0386. The Kier molecular flexibility index (Phi) is 7.14. The third-order valence-corrected chi connectivity index (χ3v) is 6.79. The van der Waals surface area contributed by atoms with Crippen molar-refractivity contribution in [3.63, 3.8) is 0 Å². The largest absolute Gasteiger partial charge is 0.481 e. The zero-order valence-electron chi connectivity index (χ0n) is 14.9. The second-order valence-electron chi connectivity index (χ2n) is 6.46. The number of benzene rings is 1. The molecule has 1 aliphatic carbocycles. The van der Waals surface area contributed by atoms with Crippen molar-refractivity contribution in [3.8, 4) is 0 Å². The van der Waals surface area contributed by atoms with Gasteiger partial charge in [0, 0.05) is 12.2 Å². The van der Waals surface area contributed by atoms with Crippen LogP contribution in [0.15, 0.2) is 28.6 Å². The molecule has 0 aliphatic heterocycles. The number of anilines is 2. The van der Waals surface area contributed by atoms with Gasteiger partial charge in [-0.3, -0.25) is 15.0 Å².